The summed E-state index contributed by atoms with van der Waals surface area (Å²) in [6.07, 6.45) is -0.733. The minimum absolute atomic E-state index is 0.385. The van der Waals surface area contributed by atoms with E-state index in [1.54, 1.807) is 31.2 Å². The normalized spacial score (nSPS) is 12.7. The second-order valence-corrected chi connectivity index (χ2v) is 7.44. The SMILES string of the molecule is CCOCCn1c(=NC(=O)C(C)Oc2ccccc2)sc2cc(C(=O)OC)ccc21. The number of carbonyl (C=O) groups excluding carboxylic acids is 2. The summed E-state index contributed by atoms with van der Waals surface area (Å²) in [6.45, 7) is 5.22. The second kappa shape index (κ2) is 10.2. The first-order chi connectivity index (χ1) is 14.5. The summed E-state index contributed by atoms with van der Waals surface area (Å²) < 4.78 is 18.7. The van der Waals surface area contributed by atoms with Crippen molar-refractivity contribution in [3.63, 3.8) is 0 Å². The van der Waals surface area contributed by atoms with Crippen LogP contribution in [0.15, 0.2) is 53.5 Å². The van der Waals surface area contributed by atoms with Crippen molar-refractivity contribution in [2.45, 2.75) is 26.5 Å². The first-order valence-corrected chi connectivity index (χ1v) is 10.4. The van der Waals surface area contributed by atoms with E-state index in [2.05, 4.69) is 4.99 Å². The molecule has 1 aromatic heterocycles. The zero-order valence-corrected chi connectivity index (χ0v) is 18.0. The Morgan fingerprint density at radius 3 is 2.63 bits per heavy atom. The van der Waals surface area contributed by atoms with Crippen LogP contribution >= 0.6 is 11.3 Å². The Bertz CT molecular complexity index is 1090. The van der Waals surface area contributed by atoms with Crippen LogP contribution in [-0.4, -0.2) is 42.9 Å². The molecule has 0 N–H and O–H groups in total. The maximum Gasteiger partial charge on any atom is 0.337 e. The van der Waals surface area contributed by atoms with Gasteiger partial charge in [-0.15, -0.1) is 0 Å². The van der Waals surface area contributed by atoms with Crippen molar-refractivity contribution in [2.24, 2.45) is 4.99 Å². The molecule has 3 rings (SSSR count). The van der Waals surface area contributed by atoms with Crippen LogP contribution in [0.1, 0.15) is 24.2 Å². The van der Waals surface area contributed by atoms with Crippen LogP contribution in [0.2, 0.25) is 0 Å². The quantitative estimate of drug-likeness (QED) is 0.406. The Morgan fingerprint density at radius 2 is 1.93 bits per heavy atom. The maximum absolute atomic E-state index is 12.7. The van der Waals surface area contributed by atoms with Crippen LogP contribution in [-0.2, 0) is 20.8 Å². The van der Waals surface area contributed by atoms with Gasteiger partial charge in [0.05, 0.1) is 29.5 Å². The predicted octanol–water partition coefficient (Wildman–Crippen LogP) is 3.42. The smallest absolute Gasteiger partial charge is 0.337 e. The highest BCUT2D eigenvalue weighted by Gasteiger charge is 2.16. The molecule has 0 fully saturated rings. The van der Waals surface area contributed by atoms with Gasteiger partial charge in [-0.1, -0.05) is 29.5 Å². The Kier molecular flexibility index (Phi) is 7.37. The van der Waals surface area contributed by atoms with Crippen molar-refractivity contribution >= 4 is 33.4 Å². The van der Waals surface area contributed by atoms with Gasteiger partial charge in [-0.3, -0.25) is 4.79 Å². The largest absolute Gasteiger partial charge is 0.481 e. The lowest BCUT2D eigenvalue weighted by atomic mass is 10.2. The van der Waals surface area contributed by atoms with Gasteiger partial charge in [0.2, 0.25) is 0 Å². The summed E-state index contributed by atoms with van der Waals surface area (Å²) in [5.41, 5.74) is 1.32. The highest BCUT2D eigenvalue weighted by molar-refractivity contribution is 7.16. The van der Waals surface area contributed by atoms with Crippen molar-refractivity contribution in [3.05, 3.63) is 58.9 Å². The molecule has 0 saturated carbocycles. The minimum atomic E-state index is -0.733. The molecular weight excluding hydrogens is 404 g/mol. The number of esters is 1. The highest BCUT2D eigenvalue weighted by atomic mass is 32.1. The number of methoxy groups -OCH3 is 1. The van der Waals surface area contributed by atoms with Crippen LogP contribution in [0.3, 0.4) is 0 Å². The molecule has 0 radical (unpaired) electrons. The fraction of sp³-hybridized carbons (Fsp3) is 0.318. The zero-order valence-electron chi connectivity index (χ0n) is 17.2. The monoisotopic (exact) mass is 428 g/mol. The Labute approximate surface area is 178 Å². The van der Waals surface area contributed by atoms with E-state index in [0.717, 1.165) is 10.2 Å². The van der Waals surface area contributed by atoms with E-state index in [0.29, 0.717) is 35.9 Å². The van der Waals surface area contributed by atoms with Crippen molar-refractivity contribution in [2.75, 3.05) is 20.3 Å². The third-order valence-corrected chi connectivity index (χ3v) is 5.42. The molecule has 8 heteroatoms. The molecule has 158 valence electrons. The van der Waals surface area contributed by atoms with E-state index in [1.165, 1.54) is 18.4 Å². The third kappa shape index (κ3) is 5.14. The van der Waals surface area contributed by atoms with Gasteiger partial charge in [0.25, 0.3) is 5.91 Å². The lowest BCUT2D eigenvalue weighted by molar-refractivity contribution is -0.124. The van der Waals surface area contributed by atoms with E-state index in [1.807, 2.05) is 35.8 Å². The van der Waals surface area contributed by atoms with E-state index < -0.39 is 12.1 Å². The predicted molar refractivity (Wildman–Crippen MR) is 115 cm³/mol. The number of hydrogen-bond donors (Lipinski definition) is 0. The maximum atomic E-state index is 12.7. The van der Waals surface area contributed by atoms with Gasteiger partial charge < -0.3 is 18.8 Å². The van der Waals surface area contributed by atoms with E-state index in [4.69, 9.17) is 14.2 Å². The molecule has 1 heterocycles. The Morgan fingerprint density at radius 1 is 1.17 bits per heavy atom. The Balaban J connectivity index is 1.95. The Hall–Kier alpha value is -2.97. The van der Waals surface area contributed by atoms with Crippen molar-refractivity contribution < 1.29 is 23.8 Å². The number of ether oxygens (including phenoxy) is 3. The van der Waals surface area contributed by atoms with Gasteiger partial charge in [-0.05, 0) is 44.2 Å². The molecule has 3 aromatic rings. The number of amides is 1. The standard InChI is InChI=1S/C22H24N2O5S/c1-4-28-13-12-24-18-11-10-16(21(26)27-3)14-19(18)30-22(24)23-20(25)15(2)29-17-8-6-5-7-9-17/h5-11,14-15H,4,12-13H2,1-3H3. The summed E-state index contributed by atoms with van der Waals surface area (Å²) in [6, 6.07) is 14.4. The highest BCUT2D eigenvalue weighted by Crippen LogP contribution is 2.20. The minimum Gasteiger partial charge on any atom is -0.481 e. The summed E-state index contributed by atoms with van der Waals surface area (Å²) in [4.78, 5) is 29.4. The molecule has 0 saturated heterocycles. The van der Waals surface area contributed by atoms with E-state index >= 15 is 0 Å². The number of hydrogen-bond acceptors (Lipinski definition) is 6. The van der Waals surface area contributed by atoms with Gasteiger partial charge in [0, 0.05) is 13.2 Å². The number of thiazole rings is 1. The second-order valence-electron chi connectivity index (χ2n) is 6.43. The molecule has 0 aliphatic heterocycles. The fourth-order valence-corrected chi connectivity index (χ4v) is 3.96. The van der Waals surface area contributed by atoms with E-state index in [9.17, 15) is 9.59 Å². The summed E-state index contributed by atoms with van der Waals surface area (Å²) in [5, 5.41) is 0. The van der Waals surface area contributed by atoms with Gasteiger partial charge >= 0.3 is 5.97 Å². The van der Waals surface area contributed by atoms with Crippen LogP contribution in [0.5, 0.6) is 5.75 Å². The summed E-state index contributed by atoms with van der Waals surface area (Å²) in [7, 11) is 1.34. The van der Waals surface area contributed by atoms with Gasteiger partial charge in [-0.2, -0.15) is 4.99 Å². The first-order valence-electron chi connectivity index (χ1n) is 9.63. The molecule has 0 bridgehead atoms. The number of benzene rings is 2. The molecule has 1 unspecified atom stereocenters. The summed E-state index contributed by atoms with van der Waals surface area (Å²) in [5.74, 6) is -0.189. The third-order valence-electron chi connectivity index (χ3n) is 4.38. The summed E-state index contributed by atoms with van der Waals surface area (Å²) >= 11 is 1.33. The van der Waals surface area contributed by atoms with Crippen molar-refractivity contribution in [3.8, 4) is 5.75 Å². The molecule has 1 atom stereocenters. The zero-order chi connectivity index (χ0) is 21.5. The molecule has 7 nitrogen and oxygen atoms in total. The average molecular weight is 429 g/mol. The molecule has 30 heavy (non-hydrogen) atoms. The van der Waals surface area contributed by atoms with Crippen molar-refractivity contribution in [1.82, 2.24) is 4.57 Å². The number of nitrogens with zero attached hydrogens (tertiary/aromatic N) is 2. The van der Waals surface area contributed by atoms with Crippen LogP contribution in [0.4, 0.5) is 0 Å². The lowest BCUT2D eigenvalue weighted by Crippen LogP contribution is -2.26. The number of carbonyl (C=O) groups is 2. The number of para-hydroxylation sites is 1. The number of aromatic nitrogens is 1. The van der Waals surface area contributed by atoms with Gasteiger partial charge in [0.15, 0.2) is 10.9 Å². The molecule has 1 amide bonds. The van der Waals surface area contributed by atoms with Crippen LogP contribution < -0.4 is 9.54 Å². The van der Waals surface area contributed by atoms with Gasteiger partial charge in [0.1, 0.15) is 5.75 Å². The molecular formula is C22H24N2O5S. The lowest BCUT2D eigenvalue weighted by Gasteiger charge is -2.11. The number of fused-ring (bicyclic) bond motifs is 1. The van der Waals surface area contributed by atoms with E-state index in [-0.39, 0.29) is 5.91 Å². The molecule has 2 aromatic carbocycles. The van der Waals surface area contributed by atoms with Crippen molar-refractivity contribution in [1.29, 1.82) is 0 Å². The van der Waals surface area contributed by atoms with Gasteiger partial charge in [-0.25, -0.2) is 4.79 Å². The first kappa shape index (κ1) is 21.7. The van der Waals surface area contributed by atoms with Crippen LogP contribution in [0, 0.1) is 0 Å². The molecule has 0 aliphatic carbocycles. The average Bonchev–Trinajstić information content (AvgIpc) is 3.10. The molecule has 0 aliphatic rings. The number of rotatable bonds is 8. The molecule has 0 spiro atoms. The topological polar surface area (TPSA) is 79.1 Å². The van der Waals surface area contributed by atoms with Crippen LogP contribution in [0.25, 0.3) is 10.2 Å². The fourth-order valence-electron chi connectivity index (χ4n) is 2.86.